The van der Waals surface area contributed by atoms with Crippen molar-refractivity contribution in [2.45, 2.75) is 11.3 Å². The van der Waals surface area contributed by atoms with E-state index in [0.717, 1.165) is 17.7 Å². The van der Waals surface area contributed by atoms with Gasteiger partial charge < -0.3 is 10.1 Å². The first-order chi connectivity index (χ1) is 6.81. The quantitative estimate of drug-likeness (QED) is 0.769. The molecule has 1 aliphatic heterocycles. The van der Waals surface area contributed by atoms with E-state index in [4.69, 9.17) is 4.74 Å². The van der Waals surface area contributed by atoms with Crippen LogP contribution in [-0.2, 0) is 6.42 Å². The van der Waals surface area contributed by atoms with Gasteiger partial charge in [0.05, 0.1) is 0 Å². The predicted octanol–water partition coefficient (Wildman–Crippen LogP) is 2.05. The van der Waals surface area contributed by atoms with Gasteiger partial charge in [0, 0.05) is 23.3 Å². The minimum absolute atomic E-state index is 0.407. The van der Waals surface area contributed by atoms with Gasteiger partial charge in [0.15, 0.2) is 0 Å². The normalized spacial score (nSPS) is 13.5. The second-order valence-corrected chi connectivity index (χ2v) is 4.11. The number of rotatable bonds is 1. The van der Waals surface area contributed by atoms with Gasteiger partial charge >= 0.3 is 6.09 Å². The Bertz CT molecular complexity index is 365. The highest BCUT2D eigenvalue weighted by Crippen LogP contribution is 2.36. The minimum Gasteiger partial charge on any atom is -0.410 e. The summed E-state index contributed by atoms with van der Waals surface area (Å²) in [5, 5.41) is 2.44. The molecule has 3 nitrogen and oxygen atoms in total. The van der Waals surface area contributed by atoms with Crippen molar-refractivity contribution in [2.24, 2.45) is 0 Å². The van der Waals surface area contributed by atoms with Crippen molar-refractivity contribution in [3.63, 3.8) is 0 Å². The van der Waals surface area contributed by atoms with Gasteiger partial charge in [-0.2, -0.15) is 0 Å². The molecule has 1 aliphatic rings. The van der Waals surface area contributed by atoms with Gasteiger partial charge in [0.1, 0.15) is 5.75 Å². The molecule has 1 amide bonds. The maximum Gasteiger partial charge on any atom is 0.412 e. The number of carbonyl (C=O) groups is 1. The van der Waals surface area contributed by atoms with Crippen molar-refractivity contribution in [3.05, 3.63) is 23.8 Å². The van der Waals surface area contributed by atoms with Gasteiger partial charge in [-0.25, -0.2) is 4.79 Å². The van der Waals surface area contributed by atoms with Crippen molar-refractivity contribution in [1.82, 2.24) is 5.32 Å². The number of hydrogen-bond acceptors (Lipinski definition) is 3. The van der Waals surface area contributed by atoms with Crippen LogP contribution in [0, 0.1) is 0 Å². The lowest BCUT2D eigenvalue weighted by molar-refractivity contribution is 0.202. The van der Waals surface area contributed by atoms with E-state index in [2.05, 4.69) is 11.4 Å². The van der Waals surface area contributed by atoms with Crippen LogP contribution in [0.4, 0.5) is 4.79 Å². The molecule has 0 aromatic heterocycles. The smallest absolute Gasteiger partial charge is 0.410 e. The summed E-state index contributed by atoms with van der Waals surface area (Å²) >= 11 is 1.81. The second-order valence-electron chi connectivity index (χ2n) is 2.97. The van der Waals surface area contributed by atoms with Crippen LogP contribution >= 0.6 is 11.8 Å². The molecule has 0 aliphatic carbocycles. The summed E-state index contributed by atoms with van der Waals surface area (Å²) < 4.78 is 5.14. The van der Waals surface area contributed by atoms with Crippen molar-refractivity contribution in [1.29, 1.82) is 0 Å². The molecule has 1 aromatic rings. The number of hydrogen-bond donors (Lipinski definition) is 1. The topological polar surface area (TPSA) is 38.3 Å². The monoisotopic (exact) mass is 209 g/mol. The fourth-order valence-corrected chi connectivity index (χ4v) is 2.51. The maximum absolute atomic E-state index is 11.0. The number of ether oxygens (including phenoxy) is 1. The average molecular weight is 209 g/mol. The molecule has 1 aromatic carbocycles. The van der Waals surface area contributed by atoms with Gasteiger partial charge in [-0.05, 0) is 18.6 Å². The van der Waals surface area contributed by atoms with Gasteiger partial charge in [0.2, 0.25) is 0 Å². The van der Waals surface area contributed by atoms with Crippen LogP contribution < -0.4 is 10.1 Å². The molecule has 0 atom stereocenters. The number of carbonyl (C=O) groups excluding carboxylic acids is 1. The van der Waals surface area contributed by atoms with E-state index in [-0.39, 0.29) is 0 Å². The Morgan fingerprint density at radius 3 is 3.21 bits per heavy atom. The zero-order valence-corrected chi connectivity index (χ0v) is 8.69. The fourth-order valence-electron chi connectivity index (χ4n) is 1.44. The number of amides is 1. The van der Waals surface area contributed by atoms with Crippen LogP contribution in [0.1, 0.15) is 5.56 Å². The highest BCUT2D eigenvalue weighted by molar-refractivity contribution is 7.99. The number of thioether (sulfide) groups is 1. The molecule has 0 bridgehead atoms. The number of benzene rings is 1. The van der Waals surface area contributed by atoms with E-state index in [1.54, 1.807) is 18.8 Å². The van der Waals surface area contributed by atoms with Crippen LogP contribution in [-0.4, -0.2) is 18.9 Å². The molecule has 0 saturated carbocycles. The van der Waals surface area contributed by atoms with Gasteiger partial charge in [0.25, 0.3) is 0 Å². The minimum atomic E-state index is -0.407. The SMILES string of the molecule is CNC(=O)Oc1cccc2c1CCS2. The molecular weight excluding hydrogens is 198 g/mol. The predicted molar refractivity (Wildman–Crippen MR) is 56.0 cm³/mol. The van der Waals surface area contributed by atoms with Crippen LogP contribution in [0.15, 0.2) is 23.1 Å². The third kappa shape index (κ3) is 1.70. The molecule has 2 rings (SSSR count). The van der Waals surface area contributed by atoms with Crippen molar-refractivity contribution in [2.75, 3.05) is 12.8 Å². The van der Waals surface area contributed by atoms with E-state index < -0.39 is 6.09 Å². The lowest BCUT2D eigenvalue weighted by atomic mass is 10.1. The molecule has 4 heteroatoms. The molecule has 1 N–H and O–H groups in total. The summed E-state index contributed by atoms with van der Waals surface area (Å²) in [4.78, 5) is 12.3. The Labute approximate surface area is 86.8 Å². The Hall–Kier alpha value is -1.16. The molecule has 1 heterocycles. The number of nitrogens with one attached hydrogen (secondary N) is 1. The van der Waals surface area contributed by atoms with Crippen LogP contribution in [0.25, 0.3) is 0 Å². The van der Waals surface area contributed by atoms with E-state index in [1.165, 1.54) is 4.90 Å². The lowest BCUT2D eigenvalue weighted by Crippen LogP contribution is -2.22. The van der Waals surface area contributed by atoms with E-state index in [9.17, 15) is 4.79 Å². The summed E-state index contributed by atoms with van der Waals surface area (Å²) in [6.07, 6.45) is 0.572. The first-order valence-corrected chi connectivity index (χ1v) is 5.44. The second kappa shape index (κ2) is 3.92. The first-order valence-electron chi connectivity index (χ1n) is 4.45. The zero-order valence-electron chi connectivity index (χ0n) is 7.87. The van der Waals surface area contributed by atoms with Crippen LogP contribution in [0.5, 0.6) is 5.75 Å². The van der Waals surface area contributed by atoms with E-state index >= 15 is 0 Å². The summed E-state index contributed by atoms with van der Waals surface area (Å²) in [6, 6.07) is 5.80. The maximum atomic E-state index is 11.0. The van der Waals surface area contributed by atoms with Crippen LogP contribution in [0.3, 0.4) is 0 Å². The van der Waals surface area contributed by atoms with Crippen molar-refractivity contribution < 1.29 is 9.53 Å². The molecule has 0 saturated heterocycles. The molecule has 0 radical (unpaired) electrons. The highest BCUT2D eigenvalue weighted by Gasteiger charge is 2.17. The van der Waals surface area contributed by atoms with Crippen molar-refractivity contribution >= 4 is 17.9 Å². The molecular formula is C10H11NO2S. The summed E-state index contributed by atoms with van der Waals surface area (Å²) in [6.45, 7) is 0. The summed E-state index contributed by atoms with van der Waals surface area (Å²) in [5.74, 6) is 1.76. The third-order valence-corrected chi connectivity index (χ3v) is 3.21. The molecule has 14 heavy (non-hydrogen) atoms. The molecule has 0 unspecified atom stereocenters. The highest BCUT2D eigenvalue weighted by atomic mass is 32.2. The van der Waals surface area contributed by atoms with Crippen molar-refractivity contribution in [3.8, 4) is 5.75 Å². The largest absolute Gasteiger partial charge is 0.412 e. The molecule has 0 fully saturated rings. The molecule has 74 valence electrons. The summed E-state index contributed by atoms with van der Waals surface area (Å²) in [7, 11) is 1.56. The van der Waals surface area contributed by atoms with Gasteiger partial charge in [-0.1, -0.05) is 6.07 Å². The Kier molecular flexibility index (Phi) is 2.63. The molecule has 0 spiro atoms. The van der Waals surface area contributed by atoms with E-state index in [1.807, 2.05) is 12.1 Å². The average Bonchev–Trinajstić information content (AvgIpc) is 2.66. The summed E-state index contributed by atoms with van der Waals surface area (Å²) in [5.41, 5.74) is 1.15. The first kappa shape index (κ1) is 9.40. The number of fused-ring (bicyclic) bond motifs is 1. The zero-order chi connectivity index (χ0) is 9.97. The van der Waals surface area contributed by atoms with E-state index in [0.29, 0.717) is 5.75 Å². The van der Waals surface area contributed by atoms with Gasteiger partial charge in [-0.15, -0.1) is 11.8 Å². The Morgan fingerprint density at radius 2 is 2.43 bits per heavy atom. The third-order valence-electron chi connectivity index (χ3n) is 2.11. The fraction of sp³-hybridized carbons (Fsp3) is 0.300. The lowest BCUT2D eigenvalue weighted by Gasteiger charge is -2.07. The van der Waals surface area contributed by atoms with Gasteiger partial charge in [-0.3, -0.25) is 0 Å². The Balaban J connectivity index is 2.26. The standard InChI is InChI=1S/C10H11NO2S/c1-11-10(12)13-8-3-2-4-9-7(8)5-6-14-9/h2-4H,5-6H2,1H3,(H,11,12). The Morgan fingerprint density at radius 1 is 1.57 bits per heavy atom. The van der Waals surface area contributed by atoms with Crippen LogP contribution in [0.2, 0.25) is 0 Å².